The van der Waals surface area contributed by atoms with Crippen molar-refractivity contribution in [2.75, 3.05) is 0 Å². The number of nitrogens with zero attached hydrogens (tertiary/aromatic N) is 3. The highest BCUT2D eigenvalue weighted by Crippen LogP contribution is 2.53. The zero-order chi connectivity index (χ0) is 35.4. The van der Waals surface area contributed by atoms with Crippen LogP contribution in [-0.4, -0.2) is 15.0 Å². The summed E-state index contributed by atoms with van der Waals surface area (Å²) in [4.78, 5) is 15.4. The van der Waals surface area contributed by atoms with Gasteiger partial charge in [0, 0.05) is 16.5 Å². The van der Waals surface area contributed by atoms with Crippen molar-refractivity contribution in [2.45, 2.75) is 26.2 Å². The molecule has 0 radical (unpaired) electrons. The lowest BCUT2D eigenvalue weighted by Gasteiger charge is -2.23. The van der Waals surface area contributed by atoms with Gasteiger partial charge >= 0.3 is 0 Å². The van der Waals surface area contributed by atoms with Crippen LogP contribution in [0.1, 0.15) is 43.3 Å². The third kappa shape index (κ3) is 5.25. The van der Waals surface area contributed by atoms with Crippen molar-refractivity contribution >= 4 is 43.5 Å². The summed E-state index contributed by atoms with van der Waals surface area (Å²) in [6, 6.07) is 49.5. The van der Waals surface area contributed by atoms with Gasteiger partial charge in [0.1, 0.15) is 0 Å². The Labute approximate surface area is 304 Å². The number of hydrogen-bond acceptors (Lipinski definition) is 3. The molecule has 7 aromatic carbocycles. The van der Waals surface area contributed by atoms with Gasteiger partial charge in [0.2, 0.25) is 0 Å². The Morgan fingerprint density at radius 2 is 1.13 bits per heavy atom. The minimum atomic E-state index is -0.138. The van der Waals surface area contributed by atoms with E-state index in [2.05, 4.69) is 179 Å². The van der Waals surface area contributed by atoms with Crippen LogP contribution < -0.4 is 0 Å². The number of allylic oxidation sites excluding steroid dienone is 5. The standard InChI is InChI=1S/C49H37N3/c1-5-14-37(44-40-20-11-10-19-36(40)30-43-45(44)41-21-12-13-22-42(41)49(43,3)4)27-31(2)46-50-47(38-25-23-32-15-6-8-17-34(32)28-38)52-48(51-46)39-26-24-33-16-7-9-18-35(33)29-39/h5-30H,1H2,2-4H3/b31-27+,37-14+. The molecular formula is C49H37N3. The van der Waals surface area contributed by atoms with Crippen LogP contribution in [0.15, 0.2) is 164 Å². The minimum Gasteiger partial charge on any atom is -0.209 e. The number of aromatic nitrogens is 3. The van der Waals surface area contributed by atoms with Crippen LogP contribution in [0.3, 0.4) is 0 Å². The predicted octanol–water partition coefficient (Wildman–Crippen LogP) is 12.6. The van der Waals surface area contributed by atoms with Crippen LogP contribution in [0.4, 0.5) is 0 Å². The van der Waals surface area contributed by atoms with Crippen molar-refractivity contribution in [3.05, 3.63) is 187 Å². The first-order chi connectivity index (χ1) is 25.4. The summed E-state index contributed by atoms with van der Waals surface area (Å²) in [7, 11) is 0. The average molecular weight is 668 g/mol. The van der Waals surface area contributed by atoms with Crippen molar-refractivity contribution in [3.8, 4) is 33.9 Å². The number of fused-ring (bicyclic) bond motifs is 6. The second-order valence-corrected chi connectivity index (χ2v) is 14.2. The monoisotopic (exact) mass is 667 g/mol. The van der Waals surface area contributed by atoms with Crippen molar-refractivity contribution in [3.63, 3.8) is 0 Å². The van der Waals surface area contributed by atoms with Gasteiger partial charge < -0.3 is 0 Å². The molecule has 0 spiro atoms. The normalized spacial score (nSPS) is 13.8. The molecular weight excluding hydrogens is 631 g/mol. The molecule has 0 amide bonds. The summed E-state index contributed by atoms with van der Waals surface area (Å²) in [6.45, 7) is 10.9. The first-order valence-electron chi connectivity index (χ1n) is 17.8. The molecule has 1 aliphatic rings. The third-order valence-corrected chi connectivity index (χ3v) is 10.6. The summed E-state index contributed by atoms with van der Waals surface area (Å²) in [6.07, 6.45) is 6.23. The molecule has 52 heavy (non-hydrogen) atoms. The van der Waals surface area contributed by atoms with Crippen LogP contribution >= 0.6 is 0 Å². The lowest BCUT2D eigenvalue weighted by molar-refractivity contribution is 0.661. The number of benzene rings is 7. The molecule has 1 heterocycles. The summed E-state index contributed by atoms with van der Waals surface area (Å²) in [5.74, 6) is 1.92. The molecule has 0 fully saturated rings. The number of rotatable bonds is 6. The Morgan fingerprint density at radius 3 is 1.77 bits per heavy atom. The summed E-state index contributed by atoms with van der Waals surface area (Å²) >= 11 is 0. The van der Waals surface area contributed by atoms with E-state index in [4.69, 9.17) is 15.0 Å². The molecule has 0 aliphatic heterocycles. The molecule has 8 aromatic rings. The Balaban J connectivity index is 1.26. The maximum Gasteiger partial charge on any atom is 0.164 e. The number of hydrogen-bond donors (Lipinski definition) is 0. The fourth-order valence-corrected chi connectivity index (χ4v) is 7.91. The molecule has 3 heteroatoms. The highest BCUT2D eigenvalue weighted by Gasteiger charge is 2.37. The van der Waals surface area contributed by atoms with E-state index in [0.717, 1.165) is 33.0 Å². The molecule has 1 aromatic heterocycles. The predicted molar refractivity (Wildman–Crippen MR) is 219 cm³/mol. The summed E-state index contributed by atoms with van der Waals surface area (Å²) in [5.41, 5.74) is 10.2. The maximum atomic E-state index is 5.16. The van der Waals surface area contributed by atoms with E-state index in [1.807, 2.05) is 6.08 Å². The van der Waals surface area contributed by atoms with Gasteiger partial charge in [-0.05, 0) is 102 Å². The van der Waals surface area contributed by atoms with E-state index >= 15 is 0 Å². The van der Waals surface area contributed by atoms with Crippen LogP contribution in [0.25, 0.3) is 77.4 Å². The molecule has 248 valence electrons. The van der Waals surface area contributed by atoms with Crippen molar-refractivity contribution in [1.29, 1.82) is 0 Å². The van der Waals surface area contributed by atoms with Gasteiger partial charge in [-0.3, -0.25) is 0 Å². The molecule has 1 aliphatic carbocycles. The SMILES string of the molecule is C=C/C=C(\C=C(/C)c1nc(-c2ccc3ccccc3c2)nc(-c2ccc3ccccc3c2)n1)c1c2c(cc3ccccc13)C(C)(C)c1ccccc1-2. The van der Waals surface area contributed by atoms with E-state index < -0.39 is 0 Å². The van der Waals surface area contributed by atoms with Crippen LogP contribution in [-0.2, 0) is 5.41 Å². The topological polar surface area (TPSA) is 38.7 Å². The van der Waals surface area contributed by atoms with Gasteiger partial charge in [0.25, 0.3) is 0 Å². The van der Waals surface area contributed by atoms with Crippen molar-refractivity contribution < 1.29 is 0 Å². The van der Waals surface area contributed by atoms with Crippen LogP contribution in [0, 0.1) is 0 Å². The minimum absolute atomic E-state index is 0.138. The van der Waals surface area contributed by atoms with E-state index in [-0.39, 0.29) is 5.41 Å². The Kier molecular flexibility index (Phi) is 7.52. The summed E-state index contributed by atoms with van der Waals surface area (Å²) in [5, 5.41) is 7.07. The average Bonchev–Trinajstić information content (AvgIpc) is 3.41. The fourth-order valence-electron chi connectivity index (χ4n) is 7.91. The Morgan fingerprint density at radius 1 is 0.577 bits per heavy atom. The Bertz CT molecular complexity index is 2700. The maximum absolute atomic E-state index is 5.16. The van der Waals surface area contributed by atoms with Gasteiger partial charge in [-0.2, -0.15) is 0 Å². The lowest BCUT2D eigenvalue weighted by atomic mass is 9.80. The fraction of sp³-hybridized carbons (Fsp3) is 0.0816. The van der Waals surface area contributed by atoms with Crippen molar-refractivity contribution in [2.24, 2.45) is 0 Å². The van der Waals surface area contributed by atoms with Gasteiger partial charge in [0.05, 0.1) is 0 Å². The molecule has 0 atom stereocenters. The molecule has 0 unspecified atom stereocenters. The second kappa shape index (κ2) is 12.4. The highest BCUT2D eigenvalue weighted by atomic mass is 15.0. The molecule has 9 rings (SSSR count). The zero-order valence-corrected chi connectivity index (χ0v) is 29.6. The molecule has 0 saturated heterocycles. The van der Waals surface area contributed by atoms with Gasteiger partial charge in [0.15, 0.2) is 17.5 Å². The first kappa shape index (κ1) is 31.5. The Hall–Kier alpha value is -6.45. The van der Waals surface area contributed by atoms with Gasteiger partial charge in [-0.25, -0.2) is 15.0 Å². The largest absolute Gasteiger partial charge is 0.209 e. The highest BCUT2D eigenvalue weighted by molar-refractivity contribution is 6.07. The quantitative estimate of drug-likeness (QED) is 0.166. The molecule has 0 saturated carbocycles. The third-order valence-electron chi connectivity index (χ3n) is 10.6. The smallest absolute Gasteiger partial charge is 0.164 e. The van der Waals surface area contributed by atoms with Crippen molar-refractivity contribution in [1.82, 2.24) is 15.0 Å². The van der Waals surface area contributed by atoms with E-state index in [0.29, 0.717) is 17.5 Å². The van der Waals surface area contributed by atoms with Gasteiger partial charge in [-0.1, -0.05) is 154 Å². The second-order valence-electron chi connectivity index (χ2n) is 14.2. The molecule has 3 nitrogen and oxygen atoms in total. The first-order valence-corrected chi connectivity index (χ1v) is 17.8. The molecule has 0 bridgehead atoms. The van der Waals surface area contributed by atoms with Crippen LogP contribution in [0.2, 0.25) is 0 Å². The zero-order valence-electron chi connectivity index (χ0n) is 29.6. The van der Waals surface area contributed by atoms with Gasteiger partial charge in [-0.15, -0.1) is 0 Å². The van der Waals surface area contributed by atoms with Crippen LogP contribution in [0.5, 0.6) is 0 Å². The van der Waals surface area contributed by atoms with E-state index in [1.54, 1.807) is 0 Å². The van der Waals surface area contributed by atoms with E-state index in [9.17, 15) is 0 Å². The lowest BCUT2D eigenvalue weighted by Crippen LogP contribution is -2.15. The summed E-state index contributed by atoms with van der Waals surface area (Å²) < 4.78 is 0. The molecule has 0 N–H and O–H groups in total. The van der Waals surface area contributed by atoms with E-state index in [1.165, 1.54) is 49.4 Å².